The van der Waals surface area contributed by atoms with Crippen molar-refractivity contribution in [2.75, 3.05) is 6.61 Å². The van der Waals surface area contributed by atoms with Gasteiger partial charge >= 0.3 is 0 Å². The predicted octanol–water partition coefficient (Wildman–Crippen LogP) is 7.90. The minimum atomic E-state index is -0.338. The average molecular weight is 577 g/mol. The molecule has 4 nitrogen and oxygen atoms in total. The van der Waals surface area contributed by atoms with Crippen LogP contribution in [0.5, 0.6) is 11.5 Å². The Morgan fingerprint density at radius 1 is 1.09 bits per heavy atom. The van der Waals surface area contributed by atoms with Crippen LogP contribution in [0.4, 0.5) is 0 Å². The van der Waals surface area contributed by atoms with Gasteiger partial charge in [0.1, 0.15) is 11.5 Å². The zero-order valence-corrected chi connectivity index (χ0v) is 21.3. The van der Waals surface area contributed by atoms with Gasteiger partial charge < -0.3 is 9.47 Å². The lowest BCUT2D eigenvalue weighted by Crippen LogP contribution is -2.33. The van der Waals surface area contributed by atoms with Crippen LogP contribution in [0.25, 0.3) is 0 Å². The van der Waals surface area contributed by atoms with Gasteiger partial charge in [-0.15, -0.1) is 0 Å². The average Bonchev–Trinajstić information content (AvgIpc) is 3.24. The van der Waals surface area contributed by atoms with Crippen molar-refractivity contribution in [1.82, 2.24) is 5.01 Å². The van der Waals surface area contributed by atoms with Gasteiger partial charge in [-0.25, -0.2) is 5.01 Å². The van der Waals surface area contributed by atoms with E-state index in [1.54, 1.807) is 0 Å². The predicted molar refractivity (Wildman–Crippen MR) is 135 cm³/mol. The summed E-state index contributed by atoms with van der Waals surface area (Å²) in [5, 5.41) is 7.81. The molecule has 32 heavy (non-hydrogen) atoms. The lowest BCUT2D eigenvalue weighted by atomic mass is 9.96. The van der Waals surface area contributed by atoms with Gasteiger partial charge in [-0.1, -0.05) is 46.6 Å². The fraction of sp³-hybridized carbons (Fsp3) is 0.240. The molecule has 0 unspecified atom stereocenters. The Morgan fingerprint density at radius 3 is 2.56 bits per heavy atom. The van der Waals surface area contributed by atoms with Gasteiger partial charge in [0.05, 0.1) is 22.8 Å². The number of halogens is 3. The van der Waals surface area contributed by atoms with Gasteiger partial charge in [0.2, 0.25) is 6.23 Å². The lowest BCUT2D eigenvalue weighted by molar-refractivity contribution is -0.0197. The fourth-order valence-electron chi connectivity index (χ4n) is 4.10. The third-order valence-corrected chi connectivity index (χ3v) is 6.92. The van der Waals surface area contributed by atoms with Crippen LogP contribution in [0.3, 0.4) is 0 Å². The van der Waals surface area contributed by atoms with Crippen LogP contribution in [0.2, 0.25) is 5.02 Å². The van der Waals surface area contributed by atoms with Gasteiger partial charge in [0.25, 0.3) is 0 Å². The van der Waals surface area contributed by atoms with Crippen LogP contribution in [-0.2, 0) is 0 Å². The molecule has 5 rings (SSSR count). The monoisotopic (exact) mass is 574 g/mol. The van der Waals surface area contributed by atoms with Gasteiger partial charge in [-0.3, -0.25) is 0 Å². The summed E-state index contributed by atoms with van der Waals surface area (Å²) in [6, 6.07) is 20.2. The van der Waals surface area contributed by atoms with Crippen LogP contribution in [0.15, 0.2) is 74.7 Å². The topological polar surface area (TPSA) is 34.1 Å². The number of ether oxygens (including phenoxy) is 2. The van der Waals surface area contributed by atoms with Crippen LogP contribution < -0.4 is 9.47 Å². The SMILES string of the molecule is CCCOc1ccc([C@@H]2Oc3c(Br)cc(Br)cc3[C@@H]3CC(c4ccc(Cl)cc4)=NN32)cc1. The first-order valence-electron chi connectivity index (χ1n) is 10.5. The van der Waals surface area contributed by atoms with Crippen molar-refractivity contribution in [2.24, 2.45) is 5.10 Å². The molecule has 0 aromatic heterocycles. The third-order valence-electron chi connectivity index (χ3n) is 5.62. The molecule has 0 fully saturated rings. The highest BCUT2D eigenvalue weighted by Gasteiger charge is 2.42. The highest BCUT2D eigenvalue weighted by atomic mass is 79.9. The number of rotatable bonds is 5. The van der Waals surface area contributed by atoms with Gasteiger partial charge in [0.15, 0.2) is 0 Å². The molecule has 164 valence electrons. The van der Waals surface area contributed by atoms with Crippen LogP contribution in [0.1, 0.15) is 48.7 Å². The second-order valence-corrected chi connectivity index (χ2v) is 10.1. The Hall–Kier alpha value is -2.02. The first kappa shape index (κ1) is 21.8. The van der Waals surface area contributed by atoms with Gasteiger partial charge in [-0.05, 0) is 76.4 Å². The molecule has 3 aromatic rings. The standard InChI is InChI=1S/C25H21Br2ClN2O2/c1-2-11-31-19-9-5-16(6-10-19)25-30-23(20-12-17(26)13-21(27)24(20)32-25)14-22(29-30)15-3-7-18(28)8-4-15/h3-10,12-13,23,25H,2,11,14H2,1H3/t23-,25-/m0/s1. The molecular formula is C25H21Br2ClN2O2. The van der Waals surface area contributed by atoms with Crippen LogP contribution in [0, 0.1) is 0 Å². The van der Waals surface area contributed by atoms with Crippen molar-refractivity contribution in [2.45, 2.75) is 32.0 Å². The van der Waals surface area contributed by atoms with Crippen molar-refractivity contribution in [3.63, 3.8) is 0 Å². The van der Waals surface area contributed by atoms with E-state index in [1.165, 1.54) is 0 Å². The maximum absolute atomic E-state index is 6.53. The minimum absolute atomic E-state index is 0.0687. The van der Waals surface area contributed by atoms with Crippen molar-refractivity contribution >= 4 is 49.2 Å². The Labute approximate surface area is 209 Å². The second kappa shape index (κ2) is 9.08. The van der Waals surface area contributed by atoms with E-state index in [0.29, 0.717) is 6.61 Å². The Kier molecular flexibility index (Phi) is 6.19. The smallest absolute Gasteiger partial charge is 0.213 e. The van der Waals surface area contributed by atoms with E-state index in [-0.39, 0.29) is 12.3 Å². The molecule has 3 aromatic carbocycles. The molecule has 0 amide bonds. The van der Waals surface area contributed by atoms with Crippen LogP contribution in [-0.4, -0.2) is 17.3 Å². The summed E-state index contributed by atoms with van der Waals surface area (Å²) in [5.74, 6) is 1.72. The van der Waals surface area contributed by atoms with E-state index >= 15 is 0 Å². The van der Waals surface area contributed by atoms with E-state index in [9.17, 15) is 0 Å². The zero-order chi connectivity index (χ0) is 22.2. The highest BCUT2D eigenvalue weighted by molar-refractivity contribution is 9.11. The first-order chi connectivity index (χ1) is 15.5. The summed E-state index contributed by atoms with van der Waals surface area (Å²) in [6.07, 6.45) is 1.43. The number of benzene rings is 3. The van der Waals surface area contributed by atoms with E-state index < -0.39 is 0 Å². The Morgan fingerprint density at radius 2 is 1.84 bits per heavy atom. The minimum Gasteiger partial charge on any atom is -0.494 e. The lowest BCUT2D eigenvalue weighted by Gasteiger charge is -2.38. The summed E-state index contributed by atoms with van der Waals surface area (Å²) >= 11 is 13.4. The summed E-state index contributed by atoms with van der Waals surface area (Å²) in [6.45, 7) is 2.80. The van der Waals surface area contributed by atoms with Crippen molar-refractivity contribution in [1.29, 1.82) is 0 Å². The third kappa shape index (κ3) is 4.16. The normalized spacial score (nSPS) is 19.1. The molecule has 0 N–H and O–H groups in total. The number of hydrogen-bond donors (Lipinski definition) is 0. The molecule has 0 radical (unpaired) electrons. The van der Waals surface area contributed by atoms with Crippen molar-refractivity contribution in [3.05, 3.63) is 91.3 Å². The van der Waals surface area contributed by atoms with Crippen molar-refractivity contribution in [3.8, 4) is 11.5 Å². The van der Waals surface area contributed by atoms with E-state index in [4.69, 9.17) is 26.2 Å². The summed E-state index contributed by atoms with van der Waals surface area (Å²) in [5.41, 5.74) is 4.23. The molecule has 0 bridgehead atoms. The number of hydrogen-bond acceptors (Lipinski definition) is 4. The zero-order valence-electron chi connectivity index (χ0n) is 17.4. The molecule has 0 saturated carbocycles. The largest absolute Gasteiger partial charge is 0.494 e. The van der Waals surface area contributed by atoms with Crippen molar-refractivity contribution < 1.29 is 9.47 Å². The highest BCUT2D eigenvalue weighted by Crippen LogP contribution is 2.51. The molecule has 2 aliphatic heterocycles. The summed E-state index contributed by atoms with van der Waals surface area (Å²) in [7, 11) is 0. The number of nitrogens with zero attached hydrogens (tertiary/aromatic N) is 2. The van der Waals surface area contributed by atoms with Gasteiger partial charge in [0, 0.05) is 27.0 Å². The van der Waals surface area contributed by atoms with Crippen LogP contribution >= 0.6 is 43.5 Å². The molecule has 0 spiro atoms. The van der Waals surface area contributed by atoms with E-state index in [2.05, 4.69) is 62.0 Å². The Bertz CT molecular complexity index is 1170. The number of fused-ring (bicyclic) bond motifs is 3. The molecule has 2 atom stereocenters. The molecular weight excluding hydrogens is 556 g/mol. The molecule has 0 aliphatic carbocycles. The quantitative estimate of drug-likeness (QED) is 0.310. The maximum Gasteiger partial charge on any atom is 0.213 e. The molecule has 2 heterocycles. The second-order valence-electron chi connectivity index (χ2n) is 7.85. The first-order valence-corrected chi connectivity index (χ1v) is 12.5. The molecule has 0 saturated heterocycles. The van der Waals surface area contributed by atoms with E-state index in [1.807, 2.05) is 42.5 Å². The number of hydrazone groups is 1. The molecule has 7 heteroatoms. The fourth-order valence-corrected chi connectivity index (χ4v) is 5.58. The Balaban J connectivity index is 1.54. The van der Waals surface area contributed by atoms with E-state index in [0.717, 1.165) is 60.7 Å². The summed E-state index contributed by atoms with van der Waals surface area (Å²) < 4.78 is 14.2. The maximum atomic E-state index is 6.53. The molecule has 2 aliphatic rings. The summed E-state index contributed by atoms with van der Waals surface area (Å²) in [4.78, 5) is 0. The van der Waals surface area contributed by atoms with Gasteiger partial charge in [-0.2, -0.15) is 5.10 Å².